The third-order valence-corrected chi connectivity index (χ3v) is 2.34. The van der Waals surface area contributed by atoms with E-state index in [1.54, 1.807) is 0 Å². The molecule has 6 heteroatoms. The average Bonchev–Trinajstić information content (AvgIpc) is 2.78. The highest BCUT2D eigenvalue weighted by atomic mass is 15.2. The van der Waals surface area contributed by atoms with Crippen LogP contribution in [0.15, 0.2) is 12.4 Å². The lowest BCUT2D eigenvalue weighted by Crippen LogP contribution is -2.08. The Balaban J connectivity index is 2.10. The van der Waals surface area contributed by atoms with Gasteiger partial charge in [0.15, 0.2) is 0 Å². The number of hydrogen-bond acceptors (Lipinski definition) is 5. The summed E-state index contributed by atoms with van der Waals surface area (Å²) in [5.74, 6) is 1.79. The van der Waals surface area contributed by atoms with Crippen LogP contribution in [0.25, 0.3) is 0 Å². The molecule has 0 unspecified atom stereocenters. The van der Waals surface area contributed by atoms with Gasteiger partial charge in [0.25, 0.3) is 0 Å². The van der Waals surface area contributed by atoms with Crippen molar-refractivity contribution in [2.45, 2.75) is 33.2 Å². The summed E-state index contributed by atoms with van der Waals surface area (Å²) >= 11 is 0. The highest BCUT2D eigenvalue weighted by Gasteiger charge is 2.06. The fourth-order valence-electron chi connectivity index (χ4n) is 1.45. The lowest BCUT2D eigenvalue weighted by molar-refractivity contribution is 0.806. The van der Waals surface area contributed by atoms with Gasteiger partial charge in [0.2, 0.25) is 5.95 Å². The van der Waals surface area contributed by atoms with Crippen molar-refractivity contribution in [3.05, 3.63) is 29.6 Å². The Hall–Kier alpha value is -1.98. The number of anilines is 1. The minimum absolute atomic E-state index is 0.391. The molecule has 0 saturated carbocycles. The van der Waals surface area contributed by atoms with E-state index in [2.05, 4.69) is 44.3 Å². The van der Waals surface area contributed by atoms with Gasteiger partial charge in [0, 0.05) is 11.4 Å². The minimum atomic E-state index is 0.391. The second-order valence-electron chi connectivity index (χ2n) is 4.20. The van der Waals surface area contributed by atoms with Crippen molar-refractivity contribution in [2.24, 2.45) is 0 Å². The van der Waals surface area contributed by atoms with Crippen LogP contribution in [-0.4, -0.2) is 25.1 Å². The normalized spacial score (nSPS) is 10.8. The highest BCUT2D eigenvalue weighted by molar-refractivity contribution is 5.29. The van der Waals surface area contributed by atoms with Crippen molar-refractivity contribution in [3.8, 4) is 0 Å². The van der Waals surface area contributed by atoms with Gasteiger partial charge in [-0.3, -0.25) is 5.10 Å². The standard InChI is InChI=1S/C11H16N6/c1-7(2)9-4-8(3)15-11(16-9)12-5-10-13-6-14-17-10/h4,6-7H,5H2,1-3H3,(H,12,15,16)(H,13,14,17). The van der Waals surface area contributed by atoms with E-state index in [1.165, 1.54) is 6.33 Å². The Kier molecular flexibility index (Phi) is 3.32. The van der Waals surface area contributed by atoms with E-state index in [0.717, 1.165) is 17.2 Å². The molecule has 0 aliphatic carbocycles. The molecule has 2 aromatic heterocycles. The Morgan fingerprint density at radius 1 is 1.35 bits per heavy atom. The van der Waals surface area contributed by atoms with Gasteiger partial charge in [-0.2, -0.15) is 5.10 Å². The van der Waals surface area contributed by atoms with E-state index in [9.17, 15) is 0 Å². The predicted molar refractivity (Wildman–Crippen MR) is 64.6 cm³/mol. The van der Waals surface area contributed by atoms with Crippen LogP contribution >= 0.6 is 0 Å². The molecular formula is C11H16N6. The van der Waals surface area contributed by atoms with Gasteiger partial charge in [-0.25, -0.2) is 15.0 Å². The van der Waals surface area contributed by atoms with Gasteiger partial charge in [0.05, 0.1) is 6.54 Å². The van der Waals surface area contributed by atoms with Gasteiger partial charge in [0.1, 0.15) is 12.2 Å². The van der Waals surface area contributed by atoms with Gasteiger partial charge in [-0.05, 0) is 18.9 Å². The first-order valence-corrected chi connectivity index (χ1v) is 5.59. The fraction of sp³-hybridized carbons (Fsp3) is 0.455. The summed E-state index contributed by atoms with van der Waals surface area (Å²) in [4.78, 5) is 12.8. The smallest absolute Gasteiger partial charge is 0.223 e. The number of hydrogen-bond donors (Lipinski definition) is 2. The third kappa shape index (κ3) is 2.99. The lowest BCUT2D eigenvalue weighted by Gasteiger charge is -2.09. The van der Waals surface area contributed by atoms with Crippen LogP contribution < -0.4 is 5.32 Å². The summed E-state index contributed by atoms with van der Waals surface area (Å²) in [6.45, 7) is 6.73. The molecule has 0 saturated heterocycles. The Bertz CT molecular complexity index is 477. The zero-order valence-electron chi connectivity index (χ0n) is 10.2. The van der Waals surface area contributed by atoms with Crippen molar-refractivity contribution in [1.82, 2.24) is 25.1 Å². The average molecular weight is 232 g/mol. The first kappa shape index (κ1) is 11.5. The molecule has 90 valence electrons. The van der Waals surface area contributed by atoms with Gasteiger partial charge in [-0.1, -0.05) is 13.8 Å². The Morgan fingerprint density at radius 3 is 2.82 bits per heavy atom. The number of nitrogens with zero attached hydrogens (tertiary/aromatic N) is 4. The number of rotatable bonds is 4. The maximum atomic E-state index is 4.45. The molecule has 6 nitrogen and oxygen atoms in total. The molecule has 2 heterocycles. The van der Waals surface area contributed by atoms with Crippen LogP contribution in [0.5, 0.6) is 0 Å². The van der Waals surface area contributed by atoms with Crippen molar-refractivity contribution < 1.29 is 0 Å². The number of aromatic nitrogens is 5. The van der Waals surface area contributed by atoms with E-state index in [0.29, 0.717) is 18.4 Å². The van der Waals surface area contributed by atoms with Crippen LogP contribution in [0, 0.1) is 6.92 Å². The van der Waals surface area contributed by atoms with Crippen LogP contribution in [0.1, 0.15) is 37.0 Å². The first-order chi connectivity index (χ1) is 8.15. The summed E-state index contributed by atoms with van der Waals surface area (Å²) in [6, 6.07) is 2.00. The number of H-pyrrole nitrogens is 1. The van der Waals surface area contributed by atoms with Crippen molar-refractivity contribution >= 4 is 5.95 Å². The monoisotopic (exact) mass is 232 g/mol. The molecule has 0 aliphatic heterocycles. The molecule has 0 atom stereocenters. The molecule has 0 radical (unpaired) electrons. The molecule has 17 heavy (non-hydrogen) atoms. The zero-order chi connectivity index (χ0) is 12.3. The molecule has 0 fully saturated rings. The van der Waals surface area contributed by atoms with E-state index < -0.39 is 0 Å². The van der Waals surface area contributed by atoms with Crippen molar-refractivity contribution in [2.75, 3.05) is 5.32 Å². The molecule has 0 amide bonds. The van der Waals surface area contributed by atoms with E-state index in [4.69, 9.17) is 0 Å². The summed E-state index contributed by atoms with van der Waals surface area (Å²) in [5.41, 5.74) is 2.00. The maximum absolute atomic E-state index is 4.45. The number of nitrogens with one attached hydrogen (secondary N) is 2. The summed E-state index contributed by atoms with van der Waals surface area (Å²) in [5, 5.41) is 9.69. The first-order valence-electron chi connectivity index (χ1n) is 5.59. The summed E-state index contributed by atoms with van der Waals surface area (Å²) in [6.07, 6.45) is 1.48. The van der Waals surface area contributed by atoms with E-state index in [-0.39, 0.29) is 0 Å². The molecular weight excluding hydrogens is 216 g/mol. The van der Waals surface area contributed by atoms with Crippen LogP contribution in [0.2, 0.25) is 0 Å². The number of aromatic amines is 1. The highest BCUT2D eigenvalue weighted by Crippen LogP contribution is 2.14. The Labute approximate surface area is 99.9 Å². The molecule has 0 spiro atoms. The van der Waals surface area contributed by atoms with Crippen molar-refractivity contribution in [3.63, 3.8) is 0 Å². The van der Waals surface area contributed by atoms with Gasteiger partial charge < -0.3 is 5.32 Å². The third-order valence-electron chi connectivity index (χ3n) is 2.34. The summed E-state index contributed by atoms with van der Waals surface area (Å²) in [7, 11) is 0. The van der Waals surface area contributed by atoms with Crippen LogP contribution in [-0.2, 0) is 6.54 Å². The van der Waals surface area contributed by atoms with Crippen LogP contribution in [0.4, 0.5) is 5.95 Å². The molecule has 0 aromatic carbocycles. The van der Waals surface area contributed by atoms with Crippen molar-refractivity contribution in [1.29, 1.82) is 0 Å². The fourth-order valence-corrected chi connectivity index (χ4v) is 1.45. The largest absolute Gasteiger partial charge is 0.347 e. The van der Waals surface area contributed by atoms with Gasteiger partial charge in [-0.15, -0.1) is 0 Å². The molecule has 2 rings (SSSR count). The Morgan fingerprint density at radius 2 is 2.18 bits per heavy atom. The molecule has 2 aromatic rings. The molecule has 2 N–H and O–H groups in total. The van der Waals surface area contributed by atoms with E-state index >= 15 is 0 Å². The zero-order valence-corrected chi connectivity index (χ0v) is 10.2. The lowest BCUT2D eigenvalue weighted by atomic mass is 10.1. The minimum Gasteiger partial charge on any atom is -0.347 e. The maximum Gasteiger partial charge on any atom is 0.223 e. The van der Waals surface area contributed by atoms with E-state index in [1.807, 2.05) is 13.0 Å². The predicted octanol–water partition coefficient (Wildman–Crippen LogP) is 1.64. The topological polar surface area (TPSA) is 79.4 Å². The SMILES string of the molecule is Cc1cc(C(C)C)nc(NCc2ncn[nH]2)n1. The van der Waals surface area contributed by atoms with Crippen LogP contribution in [0.3, 0.4) is 0 Å². The second-order valence-corrected chi connectivity index (χ2v) is 4.20. The summed E-state index contributed by atoms with van der Waals surface area (Å²) < 4.78 is 0. The molecule has 0 bridgehead atoms. The van der Waals surface area contributed by atoms with Gasteiger partial charge >= 0.3 is 0 Å². The quantitative estimate of drug-likeness (QED) is 0.837. The molecule has 0 aliphatic rings. The number of aryl methyl sites for hydroxylation is 1. The second kappa shape index (κ2) is 4.90.